The average Bonchev–Trinajstić information content (AvgIpc) is 2.45. The molecule has 2 aromatic rings. The van der Waals surface area contributed by atoms with Crippen molar-refractivity contribution >= 4 is 23.8 Å². The SMILES string of the molecule is Oc1c(O)c(O)c(/C=C/c2ccc(Cl)cc2)c(O)c1O. The smallest absolute Gasteiger partial charge is 0.208 e. The number of benzene rings is 2. The van der Waals surface area contributed by atoms with Crippen LogP contribution in [0.2, 0.25) is 5.02 Å². The van der Waals surface area contributed by atoms with Gasteiger partial charge in [-0.1, -0.05) is 29.8 Å². The molecule has 2 rings (SSSR count). The number of aromatic hydroxyl groups is 5. The van der Waals surface area contributed by atoms with E-state index < -0.39 is 28.7 Å². The van der Waals surface area contributed by atoms with E-state index in [9.17, 15) is 25.5 Å². The van der Waals surface area contributed by atoms with E-state index in [1.807, 2.05) is 0 Å². The van der Waals surface area contributed by atoms with Crippen LogP contribution in [0.4, 0.5) is 0 Å². The molecule has 0 saturated carbocycles. The summed E-state index contributed by atoms with van der Waals surface area (Å²) in [7, 11) is 0. The fraction of sp³-hybridized carbons (Fsp3) is 0. The van der Waals surface area contributed by atoms with Gasteiger partial charge < -0.3 is 25.5 Å². The summed E-state index contributed by atoms with van der Waals surface area (Å²) in [4.78, 5) is 0. The predicted octanol–water partition coefficient (Wildman–Crippen LogP) is 3.04. The Balaban J connectivity index is 2.46. The van der Waals surface area contributed by atoms with Crippen LogP contribution >= 0.6 is 11.6 Å². The Labute approximate surface area is 119 Å². The highest BCUT2D eigenvalue weighted by Crippen LogP contribution is 2.51. The predicted molar refractivity (Wildman–Crippen MR) is 75.1 cm³/mol. The molecule has 0 amide bonds. The number of phenolic OH excluding ortho intramolecular Hbond substituents is 5. The van der Waals surface area contributed by atoms with Crippen molar-refractivity contribution in [3.05, 3.63) is 40.4 Å². The molecule has 0 fully saturated rings. The van der Waals surface area contributed by atoms with E-state index in [0.717, 1.165) is 5.56 Å². The highest BCUT2D eigenvalue weighted by atomic mass is 35.5. The van der Waals surface area contributed by atoms with Gasteiger partial charge in [0.1, 0.15) is 0 Å². The molecule has 0 radical (unpaired) electrons. The average molecular weight is 295 g/mol. The zero-order chi connectivity index (χ0) is 14.9. The van der Waals surface area contributed by atoms with E-state index in [2.05, 4.69) is 0 Å². The molecular weight excluding hydrogens is 284 g/mol. The quantitative estimate of drug-likeness (QED) is 0.333. The lowest BCUT2D eigenvalue weighted by Crippen LogP contribution is -1.82. The molecule has 0 aliphatic rings. The summed E-state index contributed by atoms with van der Waals surface area (Å²) in [6, 6.07) is 6.72. The first kappa shape index (κ1) is 13.9. The lowest BCUT2D eigenvalue weighted by molar-refractivity contribution is 0.327. The standard InChI is InChI=1S/C14H11ClO5/c15-8-4-1-7(2-5-8)3-6-9-10(16)12(18)14(20)13(19)11(9)17/h1-6,16-20H/b6-3+. The highest BCUT2D eigenvalue weighted by Gasteiger charge is 2.21. The molecular formula is C14H11ClO5. The van der Waals surface area contributed by atoms with Crippen LogP contribution in [-0.2, 0) is 0 Å². The summed E-state index contributed by atoms with van der Waals surface area (Å²) < 4.78 is 0. The van der Waals surface area contributed by atoms with Crippen molar-refractivity contribution in [1.29, 1.82) is 0 Å². The summed E-state index contributed by atoms with van der Waals surface area (Å²) in [6.07, 6.45) is 2.81. The minimum Gasteiger partial charge on any atom is -0.504 e. The summed E-state index contributed by atoms with van der Waals surface area (Å²) >= 11 is 5.74. The second-order valence-corrected chi connectivity index (χ2v) is 4.48. The maximum Gasteiger partial charge on any atom is 0.208 e. The molecule has 0 saturated heterocycles. The molecule has 0 spiro atoms. The molecule has 0 aromatic heterocycles. The first-order chi connectivity index (χ1) is 9.41. The van der Waals surface area contributed by atoms with Crippen molar-refractivity contribution in [2.45, 2.75) is 0 Å². The summed E-state index contributed by atoms with van der Waals surface area (Å²) in [5.74, 6) is -4.26. The third-order valence-electron chi connectivity index (χ3n) is 2.72. The van der Waals surface area contributed by atoms with Gasteiger partial charge in [0.05, 0.1) is 5.56 Å². The van der Waals surface area contributed by atoms with Crippen molar-refractivity contribution in [2.24, 2.45) is 0 Å². The van der Waals surface area contributed by atoms with Gasteiger partial charge in [-0.05, 0) is 23.8 Å². The van der Waals surface area contributed by atoms with Crippen molar-refractivity contribution < 1.29 is 25.5 Å². The molecule has 0 atom stereocenters. The zero-order valence-electron chi connectivity index (χ0n) is 10.1. The van der Waals surface area contributed by atoms with Crippen LogP contribution in [0.25, 0.3) is 12.2 Å². The number of halogens is 1. The van der Waals surface area contributed by atoms with Gasteiger partial charge in [-0.15, -0.1) is 0 Å². The van der Waals surface area contributed by atoms with Gasteiger partial charge >= 0.3 is 0 Å². The maximum atomic E-state index is 9.65. The fourth-order valence-electron chi connectivity index (χ4n) is 1.62. The number of hydrogen-bond donors (Lipinski definition) is 5. The Hall–Kier alpha value is -2.53. The van der Waals surface area contributed by atoms with Crippen LogP contribution in [0.5, 0.6) is 28.7 Å². The van der Waals surface area contributed by atoms with E-state index in [-0.39, 0.29) is 5.56 Å². The first-order valence-corrected chi connectivity index (χ1v) is 5.92. The van der Waals surface area contributed by atoms with Crippen LogP contribution in [0.15, 0.2) is 24.3 Å². The van der Waals surface area contributed by atoms with Gasteiger partial charge in [0.25, 0.3) is 0 Å². The lowest BCUT2D eigenvalue weighted by Gasteiger charge is -2.09. The van der Waals surface area contributed by atoms with Gasteiger partial charge in [-0.25, -0.2) is 0 Å². The van der Waals surface area contributed by atoms with Crippen molar-refractivity contribution in [3.63, 3.8) is 0 Å². The minimum absolute atomic E-state index is 0.215. The third kappa shape index (κ3) is 2.44. The number of rotatable bonds is 2. The summed E-state index contributed by atoms with van der Waals surface area (Å²) in [6.45, 7) is 0. The second kappa shape index (κ2) is 5.22. The second-order valence-electron chi connectivity index (χ2n) is 4.04. The molecule has 0 unspecified atom stereocenters. The minimum atomic E-state index is -0.983. The Morgan fingerprint density at radius 2 is 1.10 bits per heavy atom. The Bertz CT molecular complexity index is 648. The molecule has 2 aromatic carbocycles. The van der Waals surface area contributed by atoms with Crippen LogP contribution in [-0.4, -0.2) is 25.5 Å². The molecule has 20 heavy (non-hydrogen) atoms. The Morgan fingerprint density at radius 1 is 0.650 bits per heavy atom. The number of hydrogen-bond acceptors (Lipinski definition) is 5. The van der Waals surface area contributed by atoms with Crippen molar-refractivity contribution in [3.8, 4) is 28.7 Å². The largest absolute Gasteiger partial charge is 0.504 e. The van der Waals surface area contributed by atoms with E-state index in [0.29, 0.717) is 5.02 Å². The normalized spacial score (nSPS) is 11.1. The van der Waals surface area contributed by atoms with Gasteiger partial charge in [0, 0.05) is 5.02 Å². The Morgan fingerprint density at radius 3 is 1.60 bits per heavy atom. The molecule has 0 bridgehead atoms. The molecule has 5 N–H and O–H groups in total. The zero-order valence-corrected chi connectivity index (χ0v) is 10.8. The van der Waals surface area contributed by atoms with Gasteiger partial charge in [-0.2, -0.15) is 0 Å². The van der Waals surface area contributed by atoms with Crippen LogP contribution < -0.4 is 0 Å². The monoisotopic (exact) mass is 294 g/mol. The lowest BCUT2D eigenvalue weighted by atomic mass is 10.1. The molecule has 6 heteroatoms. The van der Waals surface area contributed by atoms with Gasteiger partial charge in [0.2, 0.25) is 17.2 Å². The van der Waals surface area contributed by atoms with Crippen LogP contribution in [0, 0.1) is 0 Å². The molecule has 104 valence electrons. The molecule has 0 aliphatic heterocycles. The van der Waals surface area contributed by atoms with E-state index in [1.165, 1.54) is 12.2 Å². The van der Waals surface area contributed by atoms with Crippen LogP contribution in [0.1, 0.15) is 11.1 Å². The highest BCUT2D eigenvalue weighted by molar-refractivity contribution is 6.30. The topological polar surface area (TPSA) is 101 Å². The Kier molecular flexibility index (Phi) is 3.63. The molecule has 0 heterocycles. The number of phenols is 5. The van der Waals surface area contributed by atoms with Gasteiger partial charge in [-0.3, -0.25) is 0 Å². The summed E-state index contributed by atoms with van der Waals surface area (Å²) in [5, 5.41) is 47.9. The fourth-order valence-corrected chi connectivity index (χ4v) is 1.74. The third-order valence-corrected chi connectivity index (χ3v) is 2.97. The van der Waals surface area contributed by atoms with Gasteiger partial charge in [0.15, 0.2) is 11.5 Å². The van der Waals surface area contributed by atoms with E-state index in [1.54, 1.807) is 24.3 Å². The maximum absolute atomic E-state index is 9.65. The van der Waals surface area contributed by atoms with Crippen LogP contribution in [0.3, 0.4) is 0 Å². The summed E-state index contributed by atoms with van der Waals surface area (Å²) in [5.41, 5.74) is 0.507. The van der Waals surface area contributed by atoms with Crippen molar-refractivity contribution in [2.75, 3.05) is 0 Å². The van der Waals surface area contributed by atoms with E-state index >= 15 is 0 Å². The van der Waals surface area contributed by atoms with E-state index in [4.69, 9.17) is 11.6 Å². The van der Waals surface area contributed by atoms with Crippen molar-refractivity contribution in [1.82, 2.24) is 0 Å². The molecule has 0 aliphatic carbocycles. The molecule has 5 nitrogen and oxygen atoms in total. The first-order valence-electron chi connectivity index (χ1n) is 5.54.